The van der Waals surface area contributed by atoms with Crippen LogP contribution in [0.4, 0.5) is 0 Å². The maximum absolute atomic E-state index is 8.89. The van der Waals surface area contributed by atoms with Crippen LogP contribution in [0.15, 0.2) is 218 Å². The number of nitrogens with zero attached hydrogens (tertiary/aromatic N) is 8. The number of aromatic amines is 1. The smallest absolute Gasteiger partial charge is 0.211 e. The van der Waals surface area contributed by atoms with Gasteiger partial charge in [0.15, 0.2) is 13.2 Å². The van der Waals surface area contributed by atoms with Crippen LogP contribution in [-0.4, -0.2) is 46.3 Å². The van der Waals surface area contributed by atoms with E-state index in [0.29, 0.717) is 11.6 Å². The molecule has 3 aromatic heterocycles. The monoisotopic (exact) mass is 969 g/mol. The van der Waals surface area contributed by atoms with Crippen molar-refractivity contribution in [1.29, 1.82) is 5.26 Å². The maximum atomic E-state index is 8.89. The zero-order valence-electron chi connectivity index (χ0n) is 40.5. The molecule has 0 aliphatic heterocycles. The lowest BCUT2D eigenvalue weighted by Crippen LogP contribution is -2.01. The second-order valence-corrected chi connectivity index (χ2v) is 16.9. The number of imidazole rings is 2. The highest BCUT2D eigenvalue weighted by Gasteiger charge is 2.24. The molecule has 0 saturated carbocycles. The van der Waals surface area contributed by atoms with Gasteiger partial charge in [0.25, 0.3) is 0 Å². The van der Waals surface area contributed by atoms with Gasteiger partial charge in [-0.3, -0.25) is 0 Å². The van der Waals surface area contributed by atoms with E-state index in [1.54, 1.807) is 0 Å². The third-order valence-electron chi connectivity index (χ3n) is 12.4. The summed E-state index contributed by atoms with van der Waals surface area (Å²) < 4.78 is 16.1. The summed E-state index contributed by atoms with van der Waals surface area (Å²) in [7, 11) is 0. The van der Waals surface area contributed by atoms with Crippen molar-refractivity contribution in [3.8, 4) is 108 Å². The van der Waals surface area contributed by atoms with E-state index >= 15 is 0 Å². The molecule has 74 heavy (non-hydrogen) atoms. The Morgan fingerprint density at radius 2 is 0.851 bits per heavy atom. The Hall–Kier alpha value is -9.66. The van der Waals surface area contributed by atoms with Crippen LogP contribution < -0.4 is 9.47 Å². The second-order valence-electron chi connectivity index (χ2n) is 16.9. The first-order valence-corrected chi connectivity index (χ1v) is 24.3. The number of H-pyrrole nitrogens is 1. The lowest BCUT2D eigenvalue weighted by molar-refractivity contribution is 0.296. The molecule has 0 unspecified atom stereocenters. The van der Waals surface area contributed by atoms with E-state index in [-0.39, 0.29) is 20.6 Å². The fourth-order valence-electron chi connectivity index (χ4n) is 9.18. The van der Waals surface area contributed by atoms with Crippen LogP contribution in [-0.2, 0) is 19.7 Å². The fourth-order valence-corrected chi connectivity index (χ4v) is 9.18. The van der Waals surface area contributed by atoms with Crippen molar-refractivity contribution >= 4 is 0 Å². The van der Waals surface area contributed by atoms with Crippen LogP contribution in [0.2, 0.25) is 0 Å². The van der Waals surface area contributed by atoms with Crippen LogP contribution in [0.5, 0.6) is 11.5 Å². The van der Waals surface area contributed by atoms with Gasteiger partial charge in [-0.25, -0.2) is 9.97 Å². The quantitative estimate of drug-likeness (QED) is 0.107. The summed E-state index contributed by atoms with van der Waals surface area (Å²) in [4.78, 5) is 10.5. The summed E-state index contributed by atoms with van der Waals surface area (Å²) in [6.45, 7) is 6.14. The Bertz CT molecular complexity index is 3610. The van der Waals surface area contributed by atoms with Crippen molar-refractivity contribution < 1.29 is 9.47 Å². The minimum Gasteiger partial charge on any atom is -0.485 e. The Morgan fingerprint density at radius 3 is 1.26 bits per heavy atom. The number of hydrogen-bond acceptors (Lipinski definition) is 8. The van der Waals surface area contributed by atoms with Gasteiger partial charge >= 0.3 is 0 Å². The number of rotatable bonds is 15. The van der Waals surface area contributed by atoms with Gasteiger partial charge in [0.05, 0.1) is 22.8 Å². The number of ether oxygens (including phenoxy) is 2. The highest BCUT2D eigenvalue weighted by Crippen LogP contribution is 2.42. The zero-order chi connectivity index (χ0) is 49.8. The second kappa shape index (κ2) is 23.5. The molecule has 11 aromatic rings. The highest BCUT2D eigenvalue weighted by atomic mass is 16.5. The first-order chi connectivity index (χ1) is 36.1. The summed E-state index contributed by atoms with van der Waals surface area (Å²) in [5, 5.41) is 22.9. The van der Waals surface area contributed by atoms with Crippen LogP contribution in [0.3, 0.4) is 0 Å². The van der Waals surface area contributed by atoms with Gasteiger partial charge in [-0.1, -0.05) is 207 Å². The molecule has 364 valence electrons. The molecular formula is C63H55N9O2. The molecule has 0 saturated heterocycles. The third-order valence-corrected chi connectivity index (χ3v) is 12.4. The third kappa shape index (κ3) is 10.7. The van der Waals surface area contributed by atoms with Crippen molar-refractivity contribution in [1.82, 2.24) is 39.7 Å². The van der Waals surface area contributed by atoms with Gasteiger partial charge < -0.3 is 18.6 Å². The number of benzene rings is 8. The van der Waals surface area contributed by atoms with Gasteiger partial charge in [-0.15, -0.1) is 10.2 Å². The molecule has 0 amide bonds. The molecule has 0 radical (unpaired) electrons. The van der Waals surface area contributed by atoms with Crippen molar-refractivity contribution in [2.45, 2.75) is 41.0 Å². The first-order valence-electron chi connectivity index (χ1n) is 24.3. The Labute approximate surface area is 432 Å². The van der Waals surface area contributed by atoms with Crippen molar-refractivity contribution in [2.24, 2.45) is 0 Å². The topological polar surface area (TPSA) is 132 Å². The van der Waals surface area contributed by atoms with Gasteiger partial charge in [0.1, 0.15) is 29.2 Å². The predicted molar refractivity (Wildman–Crippen MR) is 296 cm³/mol. The Balaban J connectivity index is 0.000000180. The molecule has 0 atom stereocenters. The lowest BCUT2D eigenvalue weighted by Gasteiger charge is -2.14. The minimum absolute atomic E-state index is 0. The maximum Gasteiger partial charge on any atom is 0.211 e. The van der Waals surface area contributed by atoms with E-state index in [0.717, 1.165) is 109 Å². The molecule has 0 fully saturated rings. The number of tetrazole rings is 1. The normalized spacial score (nSPS) is 10.7. The number of nitrogens with one attached hydrogen (secondary N) is 1. The molecular weight excluding hydrogens is 915 g/mol. The van der Waals surface area contributed by atoms with Crippen LogP contribution in [0, 0.1) is 11.3 Å². The van der Waals surface area contributed by atoms with E-state index in [9.17, 15) is 0 Å². The molecule has 0 bridgehead atoms. The van der Waals surface area contributed by atoms with Crippen LogP contribution >= 0.6 is 0 Å². The Kier molecular flexibility index (Phi) is 15.7. The molecule has 11 rings (SSSR count). The van der Waals surface area contributed by atoms with Gasteiger partial charge in [0, 0.05) is 46.5 Å². The van der Waals surface area contributed by atoms with E-state index in [2.05, 4.69) is 189 Å². The molecule has 0 aliphatic rings. The molecule has 11 nitrogen and oxygen atoms in total. The van der Waals surface area contributed by atoms with Crippen molar-refractivity contribution in [2.75, 3.05) is 6.61 Å². The summed E-state index contributed by atoms with van der Waals surface area (Å²) in [5.74, 6) is 3.76. The molecule has 1 N–H and O–H groups in total. The summed E-state index contributed by atoms with van der Waals surface area (Å²) in [5.41, 5.74) is 14.9. The largest absolute Gasteiger partial charge is 0.485 e. The molecule has 3 heterocycles. The molecule has 0 aliphatic carbocycles. The van der Waals surface area contributed by atoms with Crippen molar-refractivity contribution in [3.63, 3.8) is 0 Å². The fraction of sp³-hybridized carbons (Fsp3) is 0.111. The van der Waals surface area contributed by atoms with Gasteiger partial charge in [0.2, 0.25) is 5.82 Å². The van der Waals surface area contributed by atoms with E-state index < -0.39 is 0 Å². The summed E-state index contributed by atoms with van der Waals surface area (Å²) in [6, 6.07) is 76.3. The molecule has 11 heteroatoms. The van der Waals surface area contributed by atoms with E-state index in [4.69, 9.17) is 24.7 Å². The Morgan fingerprint density at radius 1 is 0.459 bits per heavy atom. The average molecular weight is 970 g/mol. The lowest BCUT2D eigenvalue weighted by atomic mass is 9.99. The van der Waals surface area contributed by atoms with Crippen molar-refractivity contribution in [3.05, 3.63) is 224 Å². The van der Waals surface area contributed by atoms with E-state index in [1.807, 2.05) is 78.9 Å². The number of aromatic nitrogens is 8. The minimum atomic E-state index is 0. The summed E-state index contributed by atoms with van der Waals surface area (Å²) >= 11 is 0. The highest BCUT2D eigenvalue weighted by molar-refractivity contribution is 5.89. The SMILES string of the molecule is C.CCn1c(-c2ccccc2-c2cccc(OCC#N)c2)nc(-c2ccccc2)c1-c1ccccc1.CCn1c(-c2ccccc2-c2cccc(OCc3nn[nH]n3)c2)nc(-c2ccccc2)c1-c1ccccc1. The van der Waals surface area contributed by atoms with Gasteiger partial charge in [-0.05, 0) is 60.4 Å². The molecule has 0 spiro atoms. The summed E-state index contributed by atoms with van der Waals surface area (Å²) in [6.07, 6.45) is 0. The van der Waals surface area contributed by atoms with Crippen LogP contribution in [0.1, 0.15) is 27.1 Å². The van der Waals surface area contributed by atoms with Crippen LogP contribution in [0.25, 0.3) is 90.1 Å². The first kappa shape index (κ1) is 49.3. The number of hydrogen-bond donors (Lipinski definition) is 1. The zero-order valence-corrected chi connectivity index (χ0v) is 40.5. The molecule has 8 aromatic carbocycles. The van der Waals surface area contributed by atoms with E-state index in [1.165, 1.54) is 0 Å². The standard InChI is InChI=1S/C31H26N6O.C31H25N3O.CH4/c1-2-37-30(23-14-7-4-8-15-23)29(22-12-5-3-6-13-22)32-31(37)27-19-10-9-18-26(27)24-16-11-17-25(20-24)38-21-28-33-35-36-34-28;1-2-34-30(24-14-7-4-8-15-24)29(23-12-5-3-6-13-23)33-31(34)28-19-10-9-18-27(28)25-16-11-17-26(22-25)35-21-20-32;/h3-20H,2,21H2,1H3,(H,33,34,35,36);3-19,22H,2,21H2,1H3;1H4. The average Bonchev–Trinajstić information content (AvgIpc) is 4.24. The van der Waals surface area contributed by atoms with Gasteiger partial charge in [-0.2, -0.15) is 10.5 Å². The number of nitriles is 1. The predicted octanol–water partition coefficient (Wildman–Crippen LogP) is 14.8.